The highest BCUT2D eigenvalue weighted by atomic mass is 79.9. The molecule has 1 atom stereocenters. The highest BCUT2D eigenvalue weighted by Crippen LogP contribution is 2.40. The van der Waals surface area contributed by atoms with E-state index in [1.54, 1.807) is 10.9 Å². The molecule has 1 aromatic carbocycles. The third-order valence-corrected chi connectivity index (χ3v) is 4.88. The van der Waals surface area contributed by atoms with E-state index in [1.807, 2.05) is 42.5 Å². The van der Waals surface area contributed by atoms with Gasteiger partial charge in [-0.2, -0.15) is 9.78 Å². The van der Waals surface area contributed by atoms with Crippen molar-refractivity contribution in [3.63, 3.8) is 0 Å². The van der Waals surface area contributed by atoms with Crippen molar-refractivity contribution >= 4 is 27.6 Å². The van der Waals surface area contributed by atoms with E-state index >= 15 is 0 Å². The van der Waals surface area contributed by atoms with Crippen LogP contribution in [-0.4, -0.2) is 35.4 Å². The van der Waals surface area contributed by atoms with Gasteiger partial charge in [0.25, 0.3) is 5.56 Å². The van der Waals surface area contributed by atoms with Crippen molar-refractivity contribution < 1.29 is 0 Å². The van der Waals surface area contributed by atoms with Gasteiger partial charge < -0.3 is 5.32 Å². The molecule has 0 saturated carbocycles. The number of fused-ring (bicyclic) bond motifs is 2. The Morgan fingerprint density at radius 1 is 1.11 bits per heavy atom. The van der Waals surface area contributed by atoms with Crippen molar-refractivity contribution in [2.45, 2.75) is 6.04 Å². The van der Waals surface area contributed by atoms with Gasteiger partial charge in [-0.25, -0.2) is 5.10 Å². The number of hydrogen-bond donors (Lipinski definition) is 2. The summed E-state index contributed by atoms with van der Waals surface area (Å²) in [5.41, 5.74) is 2.87. The lowest BCUT2D eigenvalue weighted by atomic mass is 9.95. The number of tetrazole rings is 1. The zero-order valence-corrected chi connectivity index (χ0v) is 15.3. The van der Waals surface area contributed by atoms with Gasteiger partial charge in [-0.1, -0.05) is 39.2 Å². The number of anilines is 2. The van der Waals surface area contributed by atoms with E-state index < -0.39 is 6.04 Å². The number of aromatic amines is 1. The second-order valence-corrected chi connectivity index (χ2v) is 6.84. The summed E-state index contributed by atoms with van der Waals surface area (Å²) in [6, 6.07) is 12.8. The summed E-state index contributed by atoms with van der Waals surface area (Å²) in [6.07, 6.45) is 1.70. The Labute approximate surface area is 160 Å². The van der Waals surface area contributed by atoms with Gasteiger partial charge in [-0.3, -0.25) is 9.78 Å². The molecule has 4 aromatic rings. The fourth-order valence-electron chi connectivity index (χ4n) is 3.18. The number of halogens is 1. The number of aromatic nitrogens is 7. The highest BCUT2D eigenvalue weighted by Gasteiger charge is 2.34. The van der Waals surface area contributed by atoms with Gasteiger partial charge >= 0.3 is 0 Å². The first-order chi connectivity index (χ1) is 13.2. The molecule has 132 valence electrons. The van der Waals surface area contributed by atoms with Gasteiger partial charge in [-0.05, 0) is 34.7 Å². The molecular formula is C17H11BrN8O. The summed E-state index contributed by atoms with van der Waals surface area (Å²) in [5.74, 6) is 0.372. The second-order valence-electron chi connectivity index (χ2n) is 5.93. The predicted octanol–water partition coefficient (Wildman–Crippen LogP) is 2.28. The molecule has 5 rings (SSSR count). The monoisotopic (exact) mass is 422 g/mol. The van der Waals surface area contributed by atoms with E-state index in [-0.39, 0.29) is 5.56 Å². The Morgan fingerprint density at radius 2 is 1.96 bits per heavy atom. The van der Waals surface area contributed by atoms with Gasteiger partial charge in [-0.15, -0.1) is 0 Å². The summed E-state index contributed by atoms with van der Waals surface area (Å²) in [6.45, 7) is 0. The van der Waals surface area contributed by atoms with Crippen LogP contribution >= 0.6 is 15.9 Å². The molecule has 1 aliphatic rings. The number of nitrogens with one attached hydrogen (secondary N) is 2. The molecule has 0 bridgehead atoms. The van der Waals surface area contributed by atoms with Crippen LogP contribution in [0.25, 0.3) is 11.3 Å². The molecular weight excluding hydrogens is 412 g/mol. The quantitative estimate of drug-likeness (QED) is 0.448. The minimum absolute atomic E-state index is 0.346. The molecule has 0 aliphatic carbocycles. The molecule has 10 heteroatoms. The van der Waals surface area contributed by atoms with Crippen LogP contribution in [0, 0.1) is 0 Å². The molecule has 0 spiro atoms. The third kappa shape index (κ3) is 2.53. The maximum Gasteiger partial charge on any atom is 0.288 e. The van der Waals surface area contributed by atoms with E-state index in [1.165, 1.54) is 0 Å². The zero-order valence-electron chi connectivity index (χ0n) is 13.7. The van der Waals surface area contributed by atoms with Crippen LogP contribution in [0.5, 0.6) is 0 Å². The normalized spacial score (nSPS) is 14.9. The fourth-order valence-corrected chi connectivity index (χ4v) is 3.44. The standard InChI is InChI=1S/C17H11BrN8O/c18-10-6-4-9(5-7-10)13-12-14(16(27)22-21-13)20-17-23-24-25-26(17)15(12)11-3-1-2-8-19-11/h1-8,15H,(H,22,27)(H,20,23,25)/t15-/m1/s1. The highest BCUT2D eigenvalue weighted by molar-refractivity contribution is 9.10. The zero-order chi connectivity index (χ0) is 18.4. The number of nitrogens with zero attached hydrogens (tertiary/aromatic N) is 6. The van der Waals surface area contributed by atoms with E-state index in [0.29, 0.717) is 28.6 Å². The molecule has 2 N–H and O–H groups in total. The van der Waals surface area contributed by atoms with Crippen LogP contribution in [0.1, 0.15) is 17.3 Å². The van der Waals surface area contributed by atoms with E-state index in [0.717, 1.165) is 10.0 Å². The van der Waals surface area contributed by atoms with E-state index in [2.05, 4.69) is 52.0 Å². The van der Waals surface area contributed by atoms with Gasteiger partial charge in [0.2, 0.25) is 5.95 Å². The van der Waals surface area contributed by atoms with Crippen molar-refractivity contribution in [2.24, 2.45) is 0 Å². The fraction of sp³-hybridized carbons (Fsp3) is 0.0588. The summed E-state index contributed by atoms with van der Waals surface area (Å²) in [4.78, 5) is 17.0. The van der Waals surface area contributed by atoms with Crippen LogP contribution in [-0.2, 0) is 0 Å². The molecule has 0 fully saturated rings. The second kappa shape index (κ2) is 6.09. The van der Waals surface area contributed by atoms with Crippen LogP contribution < -0.4 is 10.9 Å². The van der Waals surface area contributed by atoms with Crippen molar-refractivity contribution in [2.75, 3.05) is 5.32 Å². The molecule has 1 aliphatic heterocycles. The lowest BCUT2D eigenvalue weighted by molar-refractivity contribution is 0.556. The minimum atomic E-state index is -0.485. The van der Waals surface area contributed by atoms with Crippen LogP contribution in [0.3, 0.4) is 0 Å². The summed E-state index contributed by atoms with van der Waals surface area (Å²) >= 11 is 3.44. The van der Waals surface area contributed by atoms with E-state index in [4.69, 9.17) is 0 Å². The first-order valence-corrected chi connectivity index (χ1v) is 8.86. The number of pyridine rings is 1. The molecule has 0 unspecified atom stereocenters. The number of benzene rings is 1. The lowest BCUT2D eigenvalue weighted by Gasteiger charge is -2.27. The number of rotatable bonds is 2. The Balaban J connectivity index is 1.82. The summed E-state index contributed by atoms with van der Waals surface area (Å²) in [7, 11) is 0. The van der Waals surface area contributed by atoms with Gasteiger partial charge in [0.05, 0.1) is 11.4 Å². The minimum Gasteiger partial charge on any atom is -0.318 e. The van der Waals surface area contributed by atoms with Crippen LogP contribution in [0.15, 0.2) is 57.9 Å². The predicted molar refractivity (Wildman–Crippen MR) is 101 cm³/mol. The topological polar surface area (TPSA) is 114 Å². The third-order valence-electron chi connectivity index (χ3n) is 4.35. The Bertz CT molecular complexity index is 1190. The largest absolute Gasteiger partial charge is 0.318 e. The van der Waals surface area contributed by atoms with Crippen LogP contribution in [0.2, 0.25) is 0 Å². The SMILES string of the molecule is O=c1[nH]nc(-c2ccc(Br)cc2)c2c1Nc1nnnn1[C@@H]2c1ccccn1. The van der Waals surface area contributed by atoms with E-state index in [9.17, 15) is 4.79 Å². The average Bonchev–Trinajstić information content (AvgIpc) is 3.17. The summed E-state index contributed by atoms with van der Waals surface area (Å²) < 4.78 is 2.56. The van der Waals surface area contributed by atoms with Crippen molar-refractivity contribution in [1.82, 2.24) is 35.4 Å². The first-order valence-electron chi connectivity index (χ1n) is 8.06. The number of H-pyrrole nitrogens is 1. The Kier molecular flexibility index (Phi) is 3.57. The molecule has 0 radical (unpaired) electrons. The maximum atomic E-state index is 12.5. The van der Waals surface area contributed by atoms with Gasteiger partial charge in [0.15, 0.2) is 0 Å². The van der Waals surface area contributed by atoms with Crippen molar-refractivity contribution in [3.05, 3.63) is 74.7 Å². The molecule has 3 aromatic heterocycles. The van der Waals surface area contributed by atoms with Gasteiger partial charge in [0, 0.05) is 21.8 Å². The molecule has 27 heavy (non-hydrogen) atoms. The van der Waals surface area contributed by atoms with Crippen molar-refractivity contribution in [1.29, 1.82) is 0 Å². The maximum absolute atomic E-state index is 12.5. The Hall–Kier alpha value is -3.40. The average molecular weight is 423 g/mol. The smallest absolute Gasteiger partial charge is 0.288 e. The first kappa shape index (κ1) is 15.8. The molecule has 4 heterocycles. The molecule has 0 saturated heterocycles. The lowest BCUT2D eigenvalue weighted by Crippen LogP contribution is -2.29. The van der Waals surface area contributed by atoms with Gasteiger partial charge in [0.1, 0.15) is 11.7 Å². The van der Waals surface area contributed by atoms with Crippen LogP contribution in [0.4, 0.5) is 11.6 Å². The Morgan fingerprint density at radius 3 is 2.74 bits per heavy atom. The number of hydrogen-bond acceptors (Lipinski definition) is 7. The molecule has 9 nitrogen and oxygen atoms in total. The summed E-state index contributed by atoms with van der Waals surface area (Å²) in [5, 5.41) is 21.7. The van der Waals surface area contributed by atoms with Crippen molar-refractivity contribution in [3.8, 4) is 11.3 Å². The molecule has 0 amide bonds.